The number of hydrogen-bond donors (Lipinski definition) is 1. The molecule has 1 aromatic heterocycles. The van der Waals surface area contributed by atoms with Crippen molar-refractivity contribution in [1.29, 1.82) is 0 Å². The summed E-state index contributed by atoms with van der Waals surface area (Å²) in [7, 11) is 1.56. The highest BCUT2D eigenvalue weighted by Crippen LogP contribution is 2.26. The maximum Gasteiger partial charge on any atom is 0.251 e. The van der Waals surface area contributed by atoms with Gasteiger partial charge in [0.25, 0.3) is 5.56 Å². The van der Waals surface area contributed by atoms with Gasteiger partial charge in [-0.05, 0) is 34.1 Å². The molecule has 18 heavy (non-hydrogen) atoms. The average molecular weight is 330 g/mol. The summed E-state index contributed by atoms with van der Waals surface area (Å²) in [6, 6.07) is 6.75. The Labute approximate surface area is 117 Å². The lowest BCUT2D eigenvalue weighted by atomic mass is 10.2. The lowest BCUT2D eigenvalue weighted by molar-refractivity contribution is 0.181. The van der Waals surface area contributed by atoms with E-state index in [0.717, 1.165) is 10.0 Å². The van der Waals surface area contributed by atoms with E-state index in [0.29, 0.717) is 23.1 Å². The average Bonchev–Trinajstić information content (AvgIpc) is 2.32. The van der Waals surface area contributed by atoms with Crippen LogP contribution in [0, 0.1) is 0 Å². The van der Waals surface area contributed by atoms with Crippen molar-refractivity contribution in [2.75, 3.05) is 7.11 Å². The van der Waals surface area contributed by atoms with Crippen molar-refractivity contribution in [2.24, 2.45) is 0 Å². The molecule has 1 N–H and O–H groups in total. The van der Waals surface area contributed by atoms with Gasteiger partial charge in [0.2, 0.25) is 0 Å². The fourth-order valence-electron chi connectivity index (χ4n) is 1.51. The molecule has 1 aromatic carbocycles. The van der Waals surface area contributed by atoms with Gasteiger partial charge in [-0.2, -0.15) is 0 Å². The summed E-state index contributed by atoms with van der Waals surface area (Å²) in [6.45, 7) is 0.297. The number of nitrogens with one attached hydrogen (secondary N) is 1. The van der Waals surface area contributed by atoms with E-state index in [9.17, 15) is 4.79 Å². The molecule has 0 unspecified atom stereocenters. The van der Waals surface area contributed by atoms with Crippen LogP contribution >= 0.6 is 27.5 Å². The van der Waals surface area contributed by atoms with E-state index in [1.807, 2.05) is 0 Å². The zero-order chi connectivity index (χ0) is 13.1. The van der Waals surface area contributed by atoms with Crippen LogP contribution in [0.5, 0.6) is 0 Å². The Kier molecular flexibility index (Phi) is 4.16. The van der Waals surface area contributed by atoms with Crippen LogP contribution in [0.3, 0.4) is 0 Å². The topological polar surface area (TPSA) is 55.0 Å². The van der Waals surface area contributed by atoms with Gasteiger partial charge in [-0.1, -0.05) is 11.6 Å². The maximum absolute atomic E-state index is 11.5. The number of H-pyrrole nitrogens is 1. The fourth-order valence-corrected chi connectivity index (χ4v) is 2.01. The quantitative estimate of drug-likeness (QED) is 0.942. The van der Waals surface area contributed by atoms with Crippen LogP contribution < -0.4 is 5.56 Å². The second-order valence-electron chi connectivity index (χ2n) is 3.65. The van der Waals surface area contributed by atoms with Crippen LogP contribution in [0.4, 0.5) is 0 Å². The van der Waals surface area contributed by atoms with Crippen LogP contribution in [0.1, 0.15) is 5.69 Å². The van der Waals surface area contributed by atoms with E-state index in [2.05, 4.69) is 25.9 Å². The van der Waals surface area contributed by atoms with Crippen LogP contribution in [0.15, 0.2) is 33.5 Å². The number of aromatic nitrogens is 2. The fraction of sp³-hybridized carbons (Fsp3) is 0.167. The summed E-state index contributed by atoms with van der Waals surface area (Å²) in [6.07, 6.45) is 0. The van der Waals surface area contributed by atoms with E-state index < -0.39 is 0 Å². The second kappa shape index (κ2) is 5.65. The molecule has 0 saturated carbocycles. The molecule has 0 aliphatic rings. The Morgan fingerprint density at radius 3 is 2.89 bits per heavy atom. The Hall–Kier alpha value is -1.17. The first kappa shape index (κ1) is 13.3. The van der Waals surface area contributed by atoms with Gasteiger partial charge in [-0.25, -0.2) is 4.98 Å². The minimum Gasteiger partial charge on any atom is -0.378 e. The van der Waals surface area contributed by atoms with Crippen LogP contribution in [-0.4, -0.2) is 17.1 Å². The van der Waals surface area contributed by atoms with Crippen LogP contribution in [-0.2, 0) is 11.3 Å². The third-order valence-corrected chi connectivity index (χ3v) is 3.49. The molecule has 0 saturated heterocycles. The smallest absolute Gasteiger partial charge is 0.251 e. The number of nitrogens with zero attached hydrogens (tertiary/aromatic N) is 1. The molecule has 4 nitrogen and oxygen atoms in total. The number of methoxy groups -OCH3 is 1. The third kappa shape index (κ3) is 2.98. The zero-order valence-electron chi connectivity index (χ0n) is 9.54. The van der Waals surface area contributed by atoms with Crippen LogP contribution in [0.25, 0.3) is 11.4 Å². The summed E-state index contributed by atoms with van der Waals surface area (Å²) in [4.78, 5) is 18.5. The van der Waals surface area contributed by atoms with Crippen molar-refractivity contribution >= 4 is 27.5 Å². The summed E-state index contributed by atoms with van der Waals surface area (Å²) >= 11 is 9.26. The second-order valence-corrected chi connectivity index (χ2v) is 4.91. The summed E-state index contributed by atoms with van der Waals surface area (Å²) < 4.78 is 5.72. The number of halogens is 2. The van der Waals surface area contributed by atoms with Crippen molar-refractivity contribution < 1.29 is 4.74 Å². The minimum atomic E-state index is -0.210. The predicted molar refractivity (Wildman–Crippen MR) is 73.7 cm³/mol. The first-order valence-electron chi connectivity index (χ1n) is 5.15. The number of ether oxygens (including phenoxy) is 1. The van der Waals surface area contributed by atoms with Gasteiger partial charge < -0.3 is 9.72 Å². The normalized spacial score (nSPS) is 10.6. The highest BCUT2D eigenvalue weighted by Gasteiger charge is 2.06. The summed E-state index contributed by atoms with van der Waals surface area (Å²) in [5.41, 5.74) is 1.15. The monoisotopic (exact) mass is 328 g/mol. The van der Waals surface area contributed by atoms with Crippen molar-refractivity contribution in [1.82, 2.24) is 9.97 Å². The molecule has 0 bridgehead atoms. The van der Waals surface area contributed by atoms with Gasteiger partial charge in [0.15, 0.2) is 0 Å². The SMILES string of the molecule is COCc1cc(=O)[nH]c(-c2ccc(Cl)c(Br)c2)n1. The van der Waals surface area contributed by atoms with Crippen molar-refractivity contribution in [3.05, 3.63) is 49.8 Å². The zero-order valence-corrected chi connectivity index (χ0v) is 11.9. The van der Waals surface area contributed by atoms with Gasteiger partial charge in [0.1, 0.15) is 5.82 Å². The molecular formula is C12H10BrClN2O2. The Balaban J connectivity index is 2.49. The van der Waals surface area contributed by atoms with Crippen molar-refractivity contribution in [3.8, 4) is 11.4 Å². The summed E-state index contributed by atoms with van der Waals surface area (Å²) in [5, 5.41) is 0.606. The van der Waals surface area contributed by atoms with Gasteiger partial charge in [0.05, 0.1) is 17.3 Å². The number of rotatable bonds is 3. The highest BCUT2D eigenvalue weighted by molar-refractivity contribution is 9.10. The molecule has 0 fully saturated rings. The molecular weight excluding hydrogens is 320 g/mol. The molecule has 0 atom stereocenters. The van der Waals surface area contributed by atoms with E-state index >= 15 is 0 Å². The molecule has 0 aliphatic heterocycles. The Bertz CT molecular complexity index is 628. The molecule has 0 spiro atoms. The lowest BCUT2D eigenvalue weighted by Gasteiger charge is -2.05. The molecule has 2 rings (SSSR count). The number of aromatic amines is 1. The molecule has 6 heteroatoms. The van der Waals surface area contributed by atoms with Gasteiger partial charge in [-0.3, -0.25) is 4.79 Å². The minimum absolute atomic E-state index is 0.210. The van der Waals surface area contributed by atoms with Gasteiger partial charge in [-0.15, -0.1) is 0 Å². The number of benzene rings is 1. The van der Waals surface area contributed by atoms with Crippen molar-refractivity contribution in [3.63, 3.8) is 0 Å². The van der Waals surface area contributed by atoms with E-state index in [1.165, 1.54) is 6.07 Å². The van der Waals surface area contributed by atoms with Gasteiger partial charge >= 0.3 is 0 Å². The number of hydrogen-bond acceptors (Lipinski definition) is 3. The van der Waals surface area contributed by atoms with Crippen LogP contribution in [0.2, 0.25) is 5.02 Å². The van der Waals surface area contributed by atoms with E-state index in [4.69, 9.17) is 16.3 Å². The maximum atomic E-state index is 11.5. The Morgan fingerprint density at radius 2 is 2.22 bits per heavy atom. The third-order valence-electron chi connectivity index (χ3n) is 2.28. The molecule has 0 aliphatic carbocycles. The molecule has 1 heterocycles. The lowest BCUT2D eigenvalue weighted by Crippen LogP contribution is -2.10. The van der Waals surface area contributed by atoms with E-state index in [-0.39, 0.29) is 5.56 Å². The highest BCUT2D eigenvalue weighted by atomic mass is 79.9. The Morgan fingerprint density at radius 1 is 1.44 bits per heavy atom. The largest absolute Gasteiger partial charge is 0.378 e. The molecule has 0 amide bonds. The van der Waals surface area contributed by atoms with E-state index in [1.54, 1.807) is 25.3 Å². The molecule has 2 aromatic rings. The summed E-state index contributed by atoms with van der Waals surface area (Å²) in [5.74, 6) is 0.493. The standard InChI is InChI=1S/C12H10BrClN2O2/c1-18-6-8-5-11(17)16-12(15-8)7-2-3-10(14)9(13)4-7/h2-5H,6H2,1H3,(H,15,16,17). The molecule has 94 valence electrons. The first-order valence-corrected chi connectivity index (χ1v) is 6.32. The van der Waals surface area contributed by atoms with Crippen molar-refractivity contribution in [2.45, 2.75) is 6.61 Å². The molecule has 0 radical (unpaired) electrons. The first-order chi connectivity index (χ1) is 8.60. The van der Waals surface area contributed by atoms with Gasteiger partial charge in [0, 0.05) is 23.2 Å². The predicted octanol–water partition coefficient (Wildman–Crippen LogP) is 3.00.